The first-order valence-corrected chi connectivity index (χ1v) is 4.54. The van der Waals surface area contributed by atoms with Crippen LogP contribution < -0.4 is 5.32 Å². The van der Waals surface area contributed by atoms with Gasteiger partial charge in [0.2, 0.25) is 0 Å². The minimum Gasteiger partial charge on any atom is -0.448 e. The zero-order valence-corrected chi connectivity index (χ0v) is 7.66. The van der Waals surface area contributed by atoms with Gasteiger partial charge < -0.3 is 14.8 Å². The molecule has 0 aromatic carbocycles. The Hall–Kier alpha value is -0.870. The van der Waals surface area contributed by atoms with Crippen molar-refractivity contribution < 1.29 is 9.52 Å². The highest BCUT2D eigenvalue weighted by atomic mass is 16.3. The largest absolute Gasteiger partial charge is 0.448 e. The fourth-order valence-corrected chi connectivity index (χ4v) is 1.78. The number of aromatic nitrogens is 1. The smallest absolute Gasteiger partial charge is 0.180 e. The average molecular weight is 182 g/mol. The van der Waals surface area contributed by atoms with Gasteiger partial charge in [-0.1, -0.05) is 0 Å². The third-order valence-electron chi connectivity index (χ3n) is 2.78. The Morgan fingerprint density at radius 2 is 2.69 bits per heavy atom. The van der Waals surface area contributed by atoms with Crippen LogP contribution in [0.15, 0.2) is 17.0 Å². The predicted molar refractivity (Wildman–Crippen MR) is 47.2 cm³/mol. The van der Waals surface area contributed by atoms with E-state index in [1.807, 2.05) is 6.92 Å². The maximum absolute atomic E-state index is 10.2. The number of rotatable bonds is 2. The minimum absolute atomic E-state index is 0.123. The molecule has 1 aromatic heterocycles. The molecule has 1 aliphatic rings. The lowest BCUT2D eigenvalue weighted by Crippen LogP contribution is -2.42. The lowest BCUT2D eigenvalue weighted by molar-refractivity contribution is 0.0287. The Morgan fingerprint density at radius 1 is 1.85 bits per heavy atom. The lowest BCUT2D eigenvalue weighted by Gasteiger charge is -2.25. The Morgan fingerprint density at radius 3 is 3.23 bits per heavy atom. The molecule has 4 heteroatoms. The second-order valence-electron chi connectivity index (χ2n) is 3.67. The summed E-state index contributed by atoms with van der Waals surface area (Å²) >= 11 is 0. The molecule has 1 aromatic rings. The maximum Gasteiger partial charge on any atom is 0.180 e. The van der Waals surface area contributed by atoms with Crippen molar-refractivity contribution in [1.82, 2.24) is 10.3 Å². The maximum atomic E-state index is 10.2. The van der Waals surface area contributed by atoms with Gasteiger partial charge in [-0.2, -0.15) is 0 Å². The van der Waals surface area contributed by atoms with Gasteiger partial charge in [0, 0.05) is 12.5 Å². The van der Waals surface area contributed by atoms with Crippen molar-refractivity contribution in [2.45, 2.75) is 31.4 Å². The number of hydrogen-bond acceptors (Lipinski definition) is 4. The Labute approximate surface area is 77.0 Å². The zero-order valence-electron chi connectivity index (χ0n) is 7.66. The fourth-order valence-electron chi connectivity index (χ4n) is 1.78. The van der Waals surface area contributed by atoms with E-state index in [2.05, 4.69) is 10.3 Å². The molecule has 2 atom stereocenters. The Kier molecular flexibility index (Phi) is 2.09. The second kappa shape index (κ2) is 3.12. The van der Waals surface area contributed by atoms with Crippen LogP contribution in [0.4, 0.5) is 0 Å². The molecular weight excluding hydrogens is 168 g/mol. The topological polar surface area (TPSA) is 58.3 Å². The summed E-state index contributed by atoms with van der Waals surface area (Å²) in [5, 5.41) is 13.4. The molecule has 2 rings (SSSR count). The monoisotopic (exact) mass is 182 g/mol. The highest BCUT2D eigenvalue weighted by Crippen LogP contribution is 2.25. The molecule has 2 heterocycles. The first-order chi connectivity index (χ1) is 6.21. The lowest BCUT2D eigenvalue weighted by atomic mass is 9.91. The number of hydrogen-bond donors (Lipinski definition) is 2. The van der Waals surface area contributed by atoms with Crippen molar-refractivity contribution in [2.24, 2.45) is 0 Å². The SMILES string of the molecule is CC1NCCC1(O)Cc1cnco1. The van der Waals surface area contributed by atoms with Gasteiger partial charge in [0.25, 0.3) is 0 Å². The van der Waals surface area contributed by atoms with E-state index in [0.29, 0.717) is 6.42 Å². The quantitative estimate of drug-likeness (QED) is 0.692. The van der Waals surface area contributed by atoms with E-state index in [4.69, 9.17) is 4.42 Å². The van der Waals surface area contributed by atoms with Gasteiger partial charge >= 0.3 is 0 Å². The van der Waals surface area contributed by atoms with E-state index in [9.17, 15) is 5.11 Å². The molecule has 4 nitrogen and oxygen atoms in total. The van der Waals surface area contributed by atoms with Crippen LogP contribution in [0.1, 0.15) is 19.1 Å². The van der Waals surface area contributed by atoms with Crippen LogP contribution in [0.3, 0.4) is 0 Å². The molecule has 13 heavy (non-hydrogen) atoms. The molecule has 0 amide bonds. The summed E-state index contributed by atoms with van der Waals surface area (Å²) in [5.41, 5.74) is -0.667. The van der Waals surface area contributed by atoms with Gasteiger partial charge in [-0.15, -0.1) is 0 Å². The van der Waals surface area contributed by atoms with E-state index < -0.39 is 5.60 Å². The number of aliphatic hydroxyl groups is 1. The summed E-state index contributed by atoms with van der Waals surface area (Å²) in [7, 11) is 0. The highest BCUT2D eigenvalue weighted by Gasteiger charge is 2.38. The molecule has 1 saturated heterocycles. The molecule has 0 bridgehead atoms. The van der Waals surface area contributed by atoms with Crippen molar-refractivity contribution in [3.8, 4) is 0 Å². The Bertz CT molecular complexity index is 273. The molecule has 0 radical (unpaired) electrons. The van der Waals surface area contributed by atoms with Crippen LogP contribution in [0.5, 0.6) is 0 Å². The average Bonchev–Trinajstić information content (AvgIpc) is 2.65. The fraction of sp³-hybridized carbons (Fsp3) is 0.667. The first-order valence-electron chi connectivity index (χ1n) is 4.54. The van der Waals surface area contributed by atoms with Crippen molar-refractivity contribution in [3.63, 3.8) is 0 Å². The van der Waals surface area contributed by atoms with Crippen molar-refractivity contribution in [3.05, 3.63) is 18.4 Å². The number of oxazole rings is 1. The van der Waals surface area contributed by atoms with Crippen LogP contribution in [0.2, 0.25) is 0 Å². The second-order valence-corrected chi connectivity index (χ2v) is 3.67. The molecular formula is C9H14N2O2. The van der Waals surface area contributed by atoms with Gasteiger partial charge in [0.05, 0.1) is 11.8 Å². The normalized spacial score (nSPS) is 33.8. The molecule has 1 fully saturated rings. The zero-order chi connectivity index (χ0) is 9.31. The van der Waals surface area contributed by atoms with E-state index in [-0.39, 0.29) is 6.04 Å². The molecule has 2 unspecified atom stereocenters. The van der Waals surface area contributed by atoms with Gasteiger partial charge in [-0.25, -0.2) is 4.98 Å². The van der Waals surface area contributed by atoms with Gasteiger partial charge in [-0.05, 0) is 19.9 Å². The predicted octanol–water partition coefficient (Wildman–Crippen LogP) is 0.330. The van der Waals surface area contributed by atoms with Gasteiger partial charge in [0.1, 0.15) is 5.76 Å². The van der Waals surface area contributed by atoms with E-state index in [0.717, 1.165) is 18.7 Å². The van der Waals surface area contributed by atoms with Crippen molar-refractivity contribution >= 4 is 0 Å². The third kappa shape index (κ3) is 1.59. The van der Waals surface area contributed by atoms with Crippen LogP contribution in [0, 0.1) is 0 Å². The van der Waals surface area contributed by atoms with Crippen LogP contribution >= 0.6 is 0 Å². The summed E-state index contributed by atoms with van der Waals surface area (Å²) in [6, 6.07) is 0.123. The first kappa shape index (κ1) is 8.72. The molecule has 1 aliphatic heterocycles. The summed E-state index contributed by atoms with van der Waals surface area (Å²) in [5.74, 6) is 0.748. The summed E-state index contributed by atoms with van der Waals surface area (Å²) in [4.78, 5) is 3.82. The summed E-state index contributed by atoms with van der Waals surface area (Å²) in [6.45, 7) is 2.86. The molecule has 0 spiro atoms. The molecule has 2 N–H and O–H groups in total. The highest BCUT2D eigenvalue weighted by molar-refractivity contribution is 5.04. The summed E-state index contributed by atoms with van der Waals surface area (Å²) < 4.78 is 5.11. The van der Waals surface area contributed by atoms with Crippen LogP contribution in [0.25, 0.3) is 0 Å². The number of nitrogens with zero attached hydrogens (tertiary/aromatic N) is 1. The standard InChI is InChI=1S/C9H14N2O2/c1-7-9(12,2-3-11-7)4-8-5-10-6-13-8/h5-7,11-12H,2-4H2,1H3. The van der Waals surface area contributed by atoms with E-state index in [1.165, 1.54) is 6.39 Å². The minimum atomic E-state index is -0.667. The molecule has 0 aliphatic carbocycles. The molecule has 72 valence electrons. The van der Waals surface area contributed by atoms with Crippen molar-refractivity contribution in [2.75, 3.05) is 6.54 Å². The van der Waals surface area contributed by atoms with Crippen molar-refractivity contribution in [1.29, 1.82) is 0 Å². The summed E-state index contributed by atoms with van der Waals surface area (Å²) in [6.07, 6.45) is 4.37. The van der Waals surface area contributed by atoms with Crippen LogP contribution in [-0.2, 0) is 6.42 Å². The van der Waals surface area contributed by atoms with Gasteiger partial charge in [0.15, 0.2) is 6.39 Å². The van der Waals surface area contributed by atoms with Gasteiger partial charge in [-0.3, -0.25) is 0 Å². The van der Waals surface area contributed by atoms with E-state index >= 15 is 0 Å². The van der Waals surface area contributed by atoms with E-state index in [1.54, 1.807) is 6.20 Å². The van der Waals surface area contributed by atoms with Crippen LogP contribution in [-0.4, -0.2) is 28.3 Å². The number of nitrogens with one attached hydrogen (secondary N) is 1. The Balaban J connectivity index is 2.08. The third-order valence-corrected chi connectivity index (χ3v) is 2.78. The molecule has 0 saturated carbocycles.